The van der Waals surface area contributed by atoms with Crippen LogP contribution in [0.5, 0.6) is 0 Å². The van der Waals surface area contributed by atoms with E-state index >= 15 is 0 Å². The molecule has 0 fully saturated rings. The fourth-order valence-electron chi connectivity index (χ4n) is 2.94. The molecule has 0 saturated carbocycles. The van der Waals surface area contributed by atoms with Crippen molar-refractivity contribution in [1.82, 2.24) is 5.32 Å². The van der Waals surface area contributed by atoms with Crippen LogP contribution in [-0.2, 0) is 17.6 Å². The van der Waals surface area contributed by atoms with Crippen LogP contribution in [0.4, 0.5) is 0 Å². The summed E-state index contributed by atoms with van der Waals surface area (Å²) in [5.41, 5.74) is 6.08. The number of amides is 1. The molecule has 1 atom stereocenters. The van der Waals surface area contributed by atoms with Crippen LogP contribution >= 0.6 is 0 Å². The maximum absolute atomic E-state index is 12.4. The predicted octanol–water partition coefficient (Wildman–Crippen LogP) is 4.68. The van der Waals surface area contributed by atoms with E-state index in [0.717, 1.165) is 18.4 Å². The zero-order valence-electron chi connectivity index (χ0n) is 14.6. The van der Waals surface area contributed by atoms with Crippen LogP contribution in [0.2, 0.25) is 0 Å². The fraction of sp³-hybridized carbons (Fsp3) is 0.381. The second-order valence-corrected chi connectivity index (χ2v) is 6.24. The van der Waals surface area contributed by atoms with Gasteiger partial charge in [0, 0.05) is 0 Å². The highest BCUT2D eigenvalue weighted by molar-refractivity contribution is 5.79. The van der Waals surface area contributed by atoms with Gasteiger partial charge in [0.15, 0.2) is 0 Å². The molecular weight excluding hydrogens is 282 g/mol. The van der Waals surface area contributed by atoms with E-state index in [1.807, 2.05) is 0 Å². The molecule has 0 spiro atoms. The lowest BCUT2D eigenvalue weighted by molar-refractivity contribution is -0.121. The first-order chi connectivity index (χ1) is 11.0. The zero-order valence-corrected chi connectivity index (χ0v) is 14.6. The van der Waals surface area contributed by atoms with Crippen LogP contribution in [0.3, 0.4) is 0 Å². The van der Waals surface area contributed by atoms with Gasteiger partial charge in [0.05, 0.1) is 12.5 Å². The van der Waals surface area contributed by atoms with E-state index in [4.69, 9.17) is 0 Å². The van der Waals surface area contributed by atoms with Crippen molar-refractivity contribution in [3.05, 3.63) is 70.3 Å². The molecule has 0 radical (unpaired) electrons. The first-order valence-electron chi connectivity index (χ1n) is 8.47. The van der Waals surface area contributed by atoms with Crippen molar-refractivity contribution in [2.24, 2.45) is 0 Å². The maximum atomic E-state index is 12.4. The summed E-state index contributed by atoms with van der Waals surface area (Å²) in [5.74, 6) is 0.0843. The SMILES string of the molecule is CCc1ccc(CC(=O)N[C@H](CC)c2ccc(C)cc2C)cc1. The molecule has 0 bridgehead atoms. The molecule has 2 aromatic carbocycles. The number of nitrogens with one attached hydrogen (secondary N) is 1. The molecule has 2 rings (SSSR count). The van der Waals surface area contributed by atoms with Gasteiger partial charge in [-0.15, -0.1) is 0 Å². The molecule has 1 amide bonds. The molecule has 0 aromatic heterocycles. The average Bonchev–Trinajstić information content (AvgIpc) is 2.54. The van der Waals surface area contributed by atoms with Gasteiger partial charge in [-0.3, -0.25) is 4.79 Å². The number of rotatable bonds is 6. The smallest absolute Gasteiger partial charge is 0.224 e. The van der Waals surface area contributed by atoms with E-state index in [1.54, 1.807) is 0 Å². The molecule has 122 valence electrons. The molecule has 0 saturated heterocycles. The average molecular weight is 309 g/mol. The summed E-state index contributed by atoms with van der Waals surface area (Å²) in [6.45, 7) is 8.45. The lowest BCUT2D eigenvalue weighted by atomic mass is 9.97. The van der Waals surface area contributed by atoms with Gasteiger partial charge in [0.2, 0.25) is 5.91 Å². The Morgan fingerprint density at radius 1 is 1.00 bits per heavy atom. The Labute approximate surface area is 139 Å². The van der Waals surface area contributed by atoms with Crippen molar-refractivity contribution in [1.29, 1.82) is 0 Å². The first kappa shape index (κ1) is 17.3. The summed E-state index contributed by atoms with van der Waals surface area (Å²) in [4.78, 5) is 12.4. The van der Waals surface area contributed by atoms with Gasteiger partial charge >= 0.3 is 0 Å². The highest BCUT2D eigenvalue weighted by Crippen LogP contribution is 2.21. The van der Waals surface area contributed by atoms with Gasteiger partial charge in [0.1, 0.15) is 0 Å². The van der Waals surface area contributed by atoms with Crippen molar-refractivity contribution >= 4 is 5.91 Å². The van der Waals surface area contributed by atoms with Gasteiger partial charge in [-0.05, 0) is 48.9 Å². The standard InChI is InChI=1S/C21H27NO/c1-5-17-8-10-18(11-9-17)14-21(23)22-20(6-2)19-12-7-15(3)13-16(19)4/h7-13,20H,5-6,14H2,1-4H3,(H,22,23)/t20-/m1/s1. The molecule has 0 heterocycles. The Balaban J connectivity index is 2.04. The number of hydrogen-bond acceptors (Lipinski definition) is 1. The van der Waals surface area contributed by atoms with Crippen LogP contribution in [-0.4, -0.2) is 5.91 Å². The quantitative estimate of drug-likeness (QED) is 0.825. The van der Waals surface area contributed by atoms with Crippen LogP contribution < -0.4 is 5.32 Å². The van der Waals surface area contributed by atoms with E-state index in [-0.39, 0.29) is 11.9 Å². The molecule has 2 nitrogen and oxygen atoms in total. The molecule has 0 aliphatic carbocycles. The second-order valence-electron chi connectivity index (χ2n) is 6.24. The zero-order chi connectivity index (χ0) is 16.8. The molecule has 2 aromatic rings. The molecule has 1 N–H and O–H groups in total. The summed E-state index contributed by atoms with van der Waals surface area (Å²) in [5, 5.41) is 3.18. The Morgan fingerprint density at radius 3 is 2.22 bits per heavy atom. The minimum absolute atomic E-state index is 0.0815. The lowest BCUT2D eigenvalue weighted by Crippen LogP contribution is -2.30. The summed E-state index contributed by atoms with van der Waals surface area (Å²) in [7, 11) is 0. The Bertz CT molecular complexity index is 658. The first-order valence-corrected chi connectivity index (χ1v) is 8.47. The van der Waals surface area contributed by atoms with E-state index < -0.39 is 0 Å². The van der Waals surface area contributed by atoms with Crippen LogP contribution in [0.1, 0.15) is 54.1 Å². The van der Waals surface area contributed by atoms with Gasteiger partial charge in [-0.25, -0.2) is 0 Å². The van der Waals surface area contributed by atoms with Crippen molar-refractivity contribution in [3.63, 3.8) is 0 Å². The van der Waals surface area contributed by atoms with Gasteiger partial charge < -0.3 is 5.32 Å². The third kappa shape index (κ3) is 4.69. The number of carbonyl (C=O) groups is 1. The largest absolute Gasteiger partial charge is 0.349 e. The topological polar surface area (TPSA) is 29.1 Å². The Morgan fingerprint density at radius 2 is 1.65 bits per heavy atom. The molecule has 0 aliphatic heterocycles. The predicted molar refractivity (Wildman–Crippen MR) is 96.6 cm³/mol. The highest BCUT2D eigenvalue weighted by Gasteiger charge is 2.15. The van der Waals surface area contributed by atoms with Crippen molar-refractivity contribution in [2.75, 3.05) is 0 Å². The van der Waals surface area contributed by atoms with E-state index in [1.165, 1.54) is 22.3 Å². The molecule has 0 unspecified atom stereocenters. The fourth-order valence-corrected chi connectivity index (χ4v) is 2.94. The van der Waals surface area contributed by atoms with E-state index in [2.05, 4.69) is 75.5 Å². The highest BCUT2D eigenvalue weighted by atomic mass is 16.1. The summed E-state index contributed by atoms with van der Waals surface area (Å²) in [6.07, 6.45) is 2.35. The maximum Gasteiger partial charge on any atom is 0.224 e. The van der Waals surface area contributed by atoms with Gasteiger partial charge in [0.25, 0.3) is 0 Å². The summed E-state index contributed by atoms with van der Waals surface area (Å²) < 4.78 is 0. The summed E-state index contributed by atoms with van der Waals surface area (Å²) in [6, 6.07) is 14.8. The monoisotopic (exact) mass is 309 g/mol. The lowest BCUT2D eigenvalue weighted by Gasteiger charge is -2.20. The molecule has 23 heavy (non-hydrogen) atoms. The van der Waals surface area contributed by atoms with Gasteiger partial charge in [-0.1, -0.05) is 61.9 Å². The third-order valence-electron chi connectivity index (χ3n) is 4.34. The van der Waals surface area contributed by atoms with Crippen molar-refractivity contribution in [3.8, 4) is 0 Å². The molecule has 2 heteroatoms. The second kappa shape index (κ2) is 7.96. The van der Waals surface area contributed by atoms with Crippen LogP contribution in [0.15, 0.2) is 42.5 Å². The molecular formula is C21H27NO. The minimum atomic E-state index is 0.0815. The Hall–Kier alpha value is -2.09. The van der Waals surface area contributed by atoms with Gasteiger partial charge in [-0.2, -0.15) is 0 Å². The Kier molecular flexibility index (Phi) is 5.97. The van der Waals surface area contributed by atoms with Crippen LogP contribution in [0, 0.1) is 13.8 Å². The number of hydrogen-bond donors (Lipinski definition) is 1. The molecule has 0 aliphatic rings. The number of aryl methyl sites for hydroxylation is 3. The third-order valence-corrected chi connectivity index (χ3v) is 4.34. The normalized spacial score (nSPS) is 12.0. The minimum Gasteiger partial charge on any atom is -0.349 e. The van der Waals surface area contributed by atoms with E-state index in [0.29, 0.717) is 6.42 Å². The van der Waals surface area contributed by atoms with Crippen molar-refractivity contribution < 1.29 is 4.79 Å². The van der Waals surface area contributed by atoms with E-state index in [9.17, 15) is 4.79 Å². The summed E-state index contributed by atoms with van der Waals surface area (Å²) >= 11 is 0. The number of benzene rings is 2. The number of carbonyl (C=O) groups excluding carboxylic acids is 1. The van der Waals surface area contributed by atoms with Crippen LogP contribution in [0.25, 0.3) is 0 Å². The van der Waals surface area contributed by atoms with Crippen molar-refractivity contribution in [2.45, 2.75) is 53.0 Å².